The summed E-state index contributed by atoms with van der Waals surface area (Å²) in [6, 6.07) is 0.153. The molecule has 0 bridgehead atoms. The van der Waals surface area contributed by atoms with Crippen molar-refractivity contribution in [3.63, 3.8) is 0 Å². The lowest BCUT2D eigenvalue weighted by atomic mass is 10.1. The first-order valence-electron chi connectivity index (χ1n) is 3.64. The zero-order valence-electron chi connectivity index (χ0n) is 5.88. The summed E-state index contributed by atoms with van der Waals surface area (Å²) in [4.78, 5) is 0. The van der Waals surface area contributed by atoms with Crippen molar-refractivity contribution in [3.8, 4) is 0 Å². The van der Waals surface area contributed by atoms with Crippen LogP contribution in [0.15, 0.2) is 0 Å². The van der Waals surface area contributed by atoms with Crippen molar-refractivity contribution in [1.82, 2.24) is 0 Å². The molecule has 0 radical (unpaired) electrons. The van der Waals surface area contributed by atoms with Gasteiger partial charge in [0.1, 0.15) is 0 Å². The summed E-state index contributed by atoms with van der Waals surface area (Å²) in [5.41, 5.74) is 5.50. The van der Waals surface area contributed by atoms with Gasteiger partial charge in [0.2, 0.25) is 0 Å². The molecular formula is C7H15NO. The summed E-state index contributed by atoms with van der Waals surface area (Å²) >= 11 is 0. The topological polar surface area (TPSA) is 46.2 Å². The van der Waals surface area contributed by atoms with Crippen LogP contribution in [-0.2, 0) is 0 Å². The average Bonchev–Trinajstić information content (AvgIpc) is 2.40. The lowest BCUT2D eigenvalue weighted by Crippen LogP contribution is -2.23. The molecule has 1 aliphatic rings. The fraction of sp³-hybridized carbons (Fsp3) is 1.00. The van der Waals surface area contributed by atoms with Gasteiger partial charge in [-0.25, -0.2) is 0 Å². The minimum Gasteiger partial charge on any atom is -0.393 e. The maximum absolute atomic E-state index is 9.28. The average molecular weight is 129 g/mol. The second-order valence-electron chi connectivity index (χ2n) is 3.12. The molecule has 0 aliphatic heterocycles. The van der Waals surface area contributed by atoms with E-state index in [2.05, 4.69) is 0 Å². The zero-order chi connectivity index (χ0) is 6.85. The van der Waals surface area contributed by atoms with Crippen molar-refractivity contribution in [2.24, 2.45) is 11.7 Å². The Labute approximate surface area is 56.1 Å². The van der Waals surface area contributed by atoms with Gasteiger partial charge in [0.05, 0.1) is 6.10 Å². The molecule has 3 N–H and O–H groups in total. The van der Waals surface area contributed by atoms with Crippen molar-refractivity contribution in [2.45, 2.75) is 38.3 Å². The molecule has 0 aromatic heterocycles. The molecular weight excluding hydrogens is 114 g/mol. The van der Waals surface area contributed by atoms with Gasteiger partial charge in [-0.1, -0.05) is 0 Å². The molecule has 2 unspecified atom stereocenters. The normalized spacial score (nSPS) is 25.7. The van der Waals surface area contributed by atoms with Gasteiger partial charge in [-0.15, -0.1) is 0 Å². The third-order valence-electron chi connectivity index (χ3n) is 1.78. The molecule has 0 heterocycles. The van der Waals surface area contributed by atoms with E-state index in [1.807, 2.05) is 6.92 Å². The van der Waals surface area contributed by atoms with Crippen molar-refractivity contribution in [2.75, 3.05) is 0 Å². The van der Waals surface area contributed by atoms with Gasteiger partial charge in [0.25, 0.3) is 0 Å². The summed E-state index contributed by atoms with van der Waals surface area (Å²) in [6.45, 7) is 1.94. The molecule has 0 aromatic carbocycles. The fourth-order valence-electron chi connectivity index (χ4n) is 1.05. The summed E-state index contributed by atoms with van der Waals surface area (Å²) in [5, 5.41) is 9.28. The molecule has 2 atom stereocenters. The highest BCUT2D eigenvalue weighted by atomic mass is 16.3. The van der Waals surface area contributed by atoms with Gasteiger partial charge < -0.3 is 10.8 Å². The maximum Gasteiger partial charge on any atom is 0.0583 e. The van der Waals surface area contributed by atoms with E-state index in [0.29, 0.717) is 5.92 Å². The largest absolute Gasteiger partial charge is 0.393 e. The van der Waals surface area contributed by atoms with E-state index in [1.165, 1.54) is 12.8 Å². The quantitative estimate of drug-likeness (QED) is 0.582. The molecule has 1 rings (SSSR count). The van der Waals surface area contributed by atoms with Crippen LogP contribution < -0.4 is 5.73 Å². The van der Waals surface area contributed by atoms with E-state index in [4.69, 9.17) is 5.73 Å². The van der Waals surface area contributed by atoms with Crippen LogP contribution in [0, 0.1) is 5.92 Å². The molecule has 0 saturated heterocycles. The van der Waals surface area contributed by atoms with E-state index in [0.717, 1.165) is 6.42 Å². The van der Waals surface area contributed by atoms with Crippen LogP contribution in [-0.4, -0.2) is 17.3 Å². The molecule has 0 spiro atoms. The van der Waals surface area contributed by atoms with Crippen LogP contribution in [0.2, 0.25) is 0 Å². The SMILES string of the molecule is CC(N)CC(O)C1CC1. The Kier molecular flexibility index (Phi) is 2.09. The van der Waals surface area contributed by atoms with Crippen LogP contribution in [0.1, 0.15) is 26.2 Å². The van der Waals surface area contributed by atoms with Crippen molar-refractivity contribution in [3.05, 3.63) is 0 Å². The van der Waals surface area contributed by atoms with Crippen molar-refractivity contribution < 1.29 is 5.11 Å². The van der Waals surface area contributed by atoms with E-state index < -0.39 is 0 Å². The second-order valence-corrected chi connectivity index (χ2v) is 3.12. The number of hydrogen-bond acceptors (Lipinski definition) is 2. The Bertz CT molecular complexity index is 88.9. The molecule has 1 fully saturated rings. The summed E-state index contributed by atoms with van der Waals surface area (Å²) in [6.07, 6.45) is 3.05. The minimum absolute atomic E-state index is 0.120. The molecule has 0 aromatic rings. The van der Waals surface area contributed by atoms with Gasteiger partial charge in [-0.3, -0.25) is 0 Å². The van der Waals surface area contributed by atoms with Crippen LogP contribution in [0.25, 0.3) is 0 Å². The third kappa shape index (κ3) is 2.33. The van der Waals surface area contributed by atoms with E-state index in [1.54, 1.807) is 0 Å². The van der Waals surface area contributed by atoms with Crippen LogP contribution in [0.4, 0.5) is 0 Å². The summed E-state index contributed by atoms with van der Waals surface area (Å²) in [5.74, 6) is 0.580. The standard InChI is InChI=1S/C7H15NO/c1-5(8)4-7(9)6-2-3-6/h5-7,9H,2-4,8H2,1H3. The van der Waals surface area contributed by atoms with Crippen molar-refractivity contribution >= 4 is 0 Å². The van der Waals surface area contributed by atoms with Crippen LogP contribution in [0.3, 0.4) is 0 Å². The molecule has 2 nitrogen and oxygen atoms in total. The maximum atomic E-state index is 9.28. The molecule has 1 aliphatic carbocycles. The predicted octanol–water partition coefficient (Wildman–Crippen LogP) is 0.495. The first kappa shape index (κ1) is 7.03. The van der Waals surface area contributed by atoms with E-state index in [9.17, 15) is 5.11 Å². The monoisotopic (exact) mass is 129 g/mol. The number of rotatable bonds is 3. The fourth-order valence-corrected chi connectivity index (χ4v) is 1.05. The molecule has 0 amide bonds. The highest BCUT2D eigenvalue weighted by Gasteiger charge is 2.29. The smallest absolute Gasteiger partial charge is 0.0583 e. The molecule has 1 saturated carbocycles. The Morgan fingerprint density at radius 2 is 2.22 bits per heavy atom. The Morgan fingerprint density at radius 1 is 1.67 bits per heavy atom. The molecule has 54 valence electrons. The predicted molar refractivity (Wildman–Crippen MR) is 37.0 cm³/mol. The number of aliphatic hydroxyl groups excluding tert-OH is 1. The van der Waals surface area contributed by atoms with Gasteiger partial charge in [0, 0.05) is 6.04 Å². The Hall–Kier alpha value is -0.0800. The number of aliphatic hydroxyl groups is 1. The van der Waals surface area contributed by atoms with Crippen LogP contribution >= 0.6 is 0 Å². The molecule has 9 heavy (non-hydrogen) atoms. The van der Waals surface area contributed by atoms with Gasteiger partial charge in [-0.2, -0.15) is 0 Å². The lowest BCUT2D eigenvalue weighted by molar-refractivity contribution is 0.135. The lowest BCUT2D eigenvalue weighted by Gasteiger charge is -2.10. The summed E-state index contributed by atoms with van der Waals surface area (Å²) < 4.78 is 0. The second kappa shape index (κ2) is 2.67. The highest BCUT2D eigenvalue weighted by Crippen LogP contribution is 2.34. The molecule has 2 heteroatoms. The first-order chi connectivity index (χ1) is 4.20. The number of hydrogen-bond donors (Lipinski definition) is 2. The van der Waals surface area contributed by atoms with Crippen molar-refractivity contribution in [1.29, 1.82) is 0 Å². The summed E-state index contributed by atoms with van der Waals surface area (Å²) in [7, 11) is 0. The highest BCUT2D eigenvalue weighted by molar-refractivity contribution is 4.82. The van der Waals surface area contributed by atoms with E-state index in [-0.39, 0.29) is 12.1 Å². The van der Waals surface area contributed by atoms with Gasteiger partial charge in [0.15, 0.2) is 0 Å². The number of nitrogens with two attached hydrogens (primary N) is 1. The third-order valence-corrected chi connectivity index (χ3v) is 1.78. The first-order valence-corrected chi connectivity index (χ1v) is 3.64. The van der Waals surface area contributed by atoms with Gasteiger partial charge in [-0.05, 0) is 32.1 Å². The van der Waals surface area contributed by atoms with Gasteiger partial charge >= 0.3 is 0 Å². The zero-order valence-corrected chi connectivity index (χ0v) is 5.88. The Balaban J connectivity index is 2.10. The van der Waals surface area contributed by atoms with E-state index >= 15 is 0 Å². The minimum atomic E-state index is -0.120. The van der Waals surface area contributed by atoms with Crippen LogP contribution in [0.5, 0.6) is 0 Å². The Morgan fingerprint density at radius 3 is 2.56 bits per heavy atom.